The molecule has 1 heterocycles. The number of aromatic nitrogens is 1. The summed E-state index contributed by atoms with van der Waals surface area (Å²) >= 11 is 1.77. The van der Waals surface area contributed by atoms with Crippen LogP contribution in [0.2, 0.25) is 0 Å². The molecule has 3 nitrogen and oxygen atoms in total. The molecular weight excluding hydrogens is 206 g/mol. The van der Waals surface area contributed by atoms with Gasteiger partial charge in [0.1, 0.15) is 0 Å². The van der Waals surface area contributed by atoms with E-state index in [0.29, 0.717) is 0 Å². The van der Waals surface area contributed by atoms with E-state index in [9.17, 15) is 0 Å². The summed E-state index contributed by atoms with van der Waals surface area (Å²) in [5.74, 6) is 0.932. The molecule has 0 aromatic carbocycles. The van der Waals surface area contributed by atoms with Crippen LogP contribution in [-0.2, 0) is 6.54 Å². The molecule has 0 radical (unpaired) electrons. The molecule has 1 aromatic rings. The molecule has 1 saturated carbocycles. The van der Waals surface area contributed by atoms with Gasteiger partial charge in [-0.05, 0) is 32.7 Å². The third kappa shape index (κ3) is 2.92. The van der Waals surface area contributed by atoms with Crippen molar-refractivity contribution in [1.29, 1.82) is 0 Å². The maximum Gasteiger partial charge on any atom is 0.185 e. The van der Waals surface area contributed by atoms with Gasteiger partial charge in [0, 0.05) is 25.0 Å². The normalized spacial score (nSPS) is 15.6. The van der Waals surface area contributed by atoms with E-state index in [4.69, 9.17) is 0 Å². The Labute approximate surface area is 95.5 Å². The van der Waals surface area contributed by atoms with Gasteiger partial charge in [0.2, 0.25) is 0 Å². The summed E-state index contributed by atoms with van der Waals surface area (Å²) < 4.78 is 0. The van der Waals surface area contributed by atoms with Gasteiger partial charge in [-0.3, -0.25) is 0 Å². The third-order valence-corrected chi connectivity index (χ3v) is 3.68. The van der Waals surface area contributed by atoms with Crippen LogP contribution in [0.1, 0.15) is 25.5 Å². The molecule has 0 amide bonds. The molecule has 4 heteroatoms. The highest BCUT2D eigenvalue weighted by molar-refractivity contribution is 7.13. The van der Waals surface area contributed by atoms with Crippen molar-refractivity contribution in [2.24, 2.45) is 5.92 Å². The lowest BCUT2D eigenvalue weighted by molar-refractivity contribution is 0.733. The molecule has 2 rings (SSSR count). The standard InChI is InChI=1S/C11H19N3S/c1-3-14(7-9-4-5-9)11-13-10(6-12-2)8-15-11/h8-9,12H,3-7H2,1-2H3. The van der Waals surface area contributed by atoms with Gasteiger partial charge >= 0.3 is 0 Å². The second kappa shape index (κ2) is 4.94. The molecule has 1 fully saturated rings. The fraction of sp³-hybridized carbons (Fsp3) is 0.727. The Balaban J connectivity index is 1.97. The number of nitrogens with one attached hydrogen (secondary N) is 1. The van der Waals surface area contributed by atoms with E-state index in [2.05, 4.69) is 27.5 Å². The molecule has 0 unspecified atom stereocenters. The first kappa shape index (κ1) is 10.9. The Morgan fingerprint density at radius 1 is 1.60 bits per heavy atom. The Bertz CT molecular complexity index is 307. The highest BCUT2D eigenvalue weighted by Crippen LogP contribution is 2.32. The Hall–Kier alpha value is -0.610. The van der Waals surface area contributed by atoms with Crippen LogP contribution in [0.15, 0.2) is 5.38 Å². The lowest BCUT2D eigenvalue weighted by Gasteiger charge is -2.19. The minimum atomic E-state index is 0.873. The average molecular weight is 225 g/mol. The molecule has 1 N–H and O–H groups in total. The van der Waals surface area contributed by atoms with Gasteiger partial charge in [-0.15, -0.1) is 11.3 Å². The molecule has 1 aliphatic rings. The first-order valence-electron chi connectivity index (χ1n) is 5.67. The van der Waals surface area contributed by atoms with Crippen LogP contribution in [0.4, 0.5) is 5.13 Å². The van der Waals surface area contributed by atoms with Crippen molar-refractivity contribution in [3.63, 3.8) is 0 Å². The van der Waals surface area contributed by atoms with E-state index >= 15 is 0 Å². The summed E-state index contributed by atoms with van der Waals surface area (Å²) in [5.41, 5.74) is 1.16. The van der Waals surface area contributed by atoms with Crippen LogP contribution in [0, 0.1) is 5.92 Å². The van der Waals surface area contributed by atoms with E-state index in [-0.39, 0.29) is 0 Å². The SMILES string of the molecule is CCN(CC1CC1)c1nc(CNC)cs1. The monoisotopic (exact) mass is 225 g/mol. The zero-order chi connectivity index (χ0) is 10.7. The predicted molar refractivity (Wildman–Crippen MR) is 65.5 cm³/mol. The average Bonchev–Trinajstić information content (AvgIpc) is 2.95. The van der Waals surface area contributed by atoms with Crippen LogP contribution in [-0.4, -0.2) is 25.1 Å². The number of anilines is 1. The number of rotatable bonds is 6. The molecule has 15 heavy (non-hydrogen) atoms. The summed E-state index contributed by atoms with van der Waals surface area (Å²) in [6.45, 7) is 5.35. The summed E-state index contributed by atoms with van der Waals surface area (Å²) in [6.07, 6.45) is 2.82. The molecule has 0 saturated heterocycles. The van der Waals surface area contributed by atoms with E-state index in [1.165, 1.54) is 24.5 Å². The van der Waals surface area contributed by atoms with E-state index < -0.39 is 0 Å². The summed E-state index contributed by atoms with van der Waals surface area (Å²) in [6, 6.07) is 0. The van der Waals surface area contributed by atoms with Gasteiger partial charge in [-0.2, -0.15) is 0 Å². The second-order valence-corrected chi connectivity index (χ2v) is 4.97. The topological polar surface area (TPSA) is 28.2 Å². The molecular formula is C11H19N3S. The Morgan fingerprint density at radius 2 is 2.40 bits per heavy atom. The fourth-order valence-electron chi connectivity index (χ4n) is 1.66. The second-order valence-electron chi connectivity index (χ2n) is 4.13. The minimum absolute atomic E-state index is 0.873. The highest BCUT2D eigenvalue weighted by atomic mass is 32.1. The molecule has 1 aromatic heterocycles. The smallest absolute Gasteiger partial charge is 0.185 e. The molecule has 0 spiro atoms. The lowest BCUT2D eigenvalue weighted by atomic mass is 10.4. The van der Waals surface area contributed by atoms with E-state index in [0.717, 1.165) is 24.7 Å². The highest BCUT2D eigenvalue weighted by Gasteiger charge is 2.24. The quantitative estimate of drug-likeness (QED) is 0.803. The Morgan fingerprint density at radius 3 is 3.00 bits per heavy atom. The van der Waals surface area contributed by atoms with Crippen molar-refractivity contribution < 1.29 is 0 Å². The summed E-state index contributed by atoms with van der Waals surface area (Å²) in [5, 5.41) is 6.48. The maximum atomic E-state index is 4.63. The third-order valence-electron chi connectivity index (χ3n) is 2.73. The van der Waals surface area contributed by atoms with Gasteiger partial charge in [0.05, 0.1) is 5.69 Å². The van der Waals surface area contributed by atoms with Crippen molar-refractivity contribution in [2.75, 3.05) is 25.0 Å². The van der Waals surface area contributed by atoms with Crippen molar-refractivity contribution in [3.8, 4) is 0 Å². The molecule has 0 atom stereocenters. The number of thiazole rings is 1. The predicted octanol–water partition coefficient (Wildman–Crippen LogP) is 2.10. The fourth-order valence-corrected chi connectivity index (χ4v) is 2.56. The number of hydrogen-bond acceptors (Lipinski definition) is 4. The van der Waals surface area contributed by atoms with Gasteiger partial charge in [0.15, 0.2) is 5.13 Å². The van der Waals surface area contributed by atoms with Crippen molar-refractivity contribution >= 4 is 16.5 Å². The largest absolute Gasteiger partial charge is 0.348 e. The first-order valence-corrected chi connectivity index (χ1v) is 6.55. The number of nitrogens with zero attached hydrogens (tertiary/aromatic N) is 2. The molecule has 0 aliphatic heterocycles. The van der Waals surface area contributed by atoms with E-state index in [1.807, 2.05) is 7.05 Å². The van der Waals surface area contributed by atoms with Gasteiger partial charge in [-0.25, -0.2) is 4.98 Å². The summed E-state index contributed by atoms with van der Waals surface area (Å²) in [4.78, 5) is 7.04. The lowest BCUT2D eigenvalue weighted by Crippen LogP contribution is -2.25. The van der Waals surface area contributed by atoms with Crippen LogP contribution in [0.5, 0.6) is 0 Å². The van der Waals surface area contributed by atoms with Crippen LogP contribution in [0.25, 0.3) is 0 Å². The van der Waals surface area contributed by atoms with Crippen molar-refractivity contribution in [1.82, 2.24) is 10.3 Å². The number of hydrogen-bond donors (Lipinski definition) is 1. The van der Waals surface area contributed by atoms with Crippen LogP contribution >= 0.6 is 11.3 Å². The van der Waals surface area contributed by atoms with Crippen LogP contribution < -0.4 is 10.2 Å². The zero-order valence-corrected chi connectivity index (χ0v) is 10.3. The van der Waals surface area contributed by atoms with E-state index in [1.54, 1.807) is 11.3 Å². The van der Waals surface area contributed by atoms with Crippen molar-refractivity contribution in [2.45, 2.75) is 26.3 Å². The first-order chi connectivity index (χ1) is 7.33. The van der Waals surface area contributed by atoms with Gasteiger partial charge in [-0.1, -0.05) is 0 Å². The molecule has 1 aliphatic carbocycles. The molecule has 84 valence electrons. The minimum Gasteiger partial charge on any atom is -0.348 e. The maximum absolute atomic E-state index is 4.63. The van der Waals surface area contributed by atoms with Gasteiger partial charge < -0.3 is 10.2 Å². The summed E-state index contributed by atoms with van der Waals surface area (Å²) in [7, 11) is 1.96. The van der Waals surface area contributed by atoms with Crippen LogP contribution in [0.3, 0.4) is 0 Å². The Kier molecular flexibility index (Phi) is 3.59. The van der Waals surface area contributed by atoms with Gasteiger partial charge in [0.25, 0.3) is 0 Å². The van der Waals surface area contributed by atoms with Crippen molar-refractivity contribution in [3.05, 3.63) is 11.1 Å². The zero-order valence-electron chi connectivity index (χ0n) is 9.49. The molecule has 0 bridgehead atoms.